The van der Waals surface area contributed by atoms with Crippen molar-refractivity contribution in [3.63, 3.8) is 0 Å². The molecule has 0 spiro atoms. The molecule has 0 amide bonds. The molecule has 0 radical (unpaired) electrons. The van der Waals surface area contributed by atoms with E-state index in [4.69, 9.17) is 9.11 Å². The van der Waals surface area contributed by atoms with E-state index >= 15 is 0 Å². The third kappa shape index (κ3) is 22.2. The van der Waals surface area contributed by atoms with Gasteiger partial charge in [-0.15, -0.1) is 0 Å². The van der Waals surface area contributed by atoms with E-state index in [0.717, 1.165) is 0 Å². The Labute approximate surface area is 79.3 Å². The van der Waals surface area contributed by atoms with Crippen molar-refractivity contribution in [2.75, 3.05) is 0 Å². The van der Waals surface area contributed by atoms with E-state index < -0.39 is 12.3 Å². The van der Waals surface area contributed by atoms with Crippen LogP contribution in [-0.4, -0.2) is 9.11 Å². The first kappa shape index (κ1) is 15.7. The summed E-state index contributed by atoms with van der Waals surface area (Å²) in [5.74, 6) is 0. The van der Waals surface area contributed by atoms with Crippen LogP contribution < -0.4 is 59.1 Å². The van der Waals surface area contributed by atoms with Gasteiger partial charge in [0.1, 0.15) is 0 Å². The molecule has 0 atom stereocenters. The van der Waals surface area contributed by atoms with Crippen molar-refractivity contribution in [2.45, 2.75) is 0 Å². The fraction of sp³-hybridized carbons (Fsp3) is 0. The standard InChI is InChI=1S/2Na.H2O2S/c;;1-3-2/h;;1-2H/q2*+1;/p-2. The van der Waals surface area contributed by atoms with Crippen LogP contribution in [0.25, 0.3) is 0 Å². The molecule has 0 unspecified atom stereocenters. The Morgan fingerprint density at radius 3 is 1.00 bits per heavy atom. The van der Waals surface area contributed by atoms with Crippen molar-refractivity contribution in [3.05, 3.63) is 0 Å². The summed E-state index contributed by atoms with van der Waals surface area (Å²) in [6.45, 7) is 0. The molecule has 0 aromatic heterocycles. The molecule has 0 rings (SSSR count). The summed E-state index contributed by atoms with van der Waals surface area (Å²) in [6, 6.07) is 0. The summed E-state index contributed by atoms with van der Waals surface area (Å²) >= 11 is -0.750. The van der Waals surface area contributed by atoms with Crippen LogP contribution in [-0.2, 0) is 0 Å². The largest absolute Gasteiger partial charge is 1.00 e. The van der Waals surface area contributed by atoms with Gasteiger partial charge in [-0.05, 0) is 0 Å². The molecule has 0 aliphatic rings. The monoisotopic (exact) mass is 110 g/mol. The summed E-state index contributed by atoms with van der Waals surface area (Å²) in [4.78, 5) is 0. The molecule has 0 saturated carbocycles. The van der Waals surface area contributed by atoms with E-state index in [1.165, 1.54) is 0 Å². The molecule has 0 fully saturated rings. The topological polar surface area (TPSA) is 46.1 Å². The summed E-state index contributed by atoms with van der Waals surface area (Å²) in [6.07, 6.45) is 0. The minimum Gasteiger partial charge on any atom is -0.811 e. The average molecular weight is 110 g/mol. The third-order valence-corrected chi connectivity index (χ3v) is 0. The number of rotatable bonds is 0. The normalized spacial score (nSPS) is 3.60. The third-order valence-electron chi connectivity index (χ3n) is 0. The van der Waals surface area contributed by atoms with Gasteiger partial charge >= 0.3 is 59.1 Å². The molecular weight excluding hydrogens is 110 g/mol. The Balaban J connectivity index is -0.0000000200. The zero-order valence-corrected chi connectivity index (χ0v) is 8.04. The summed E-state index contributed by atoms with van der Waals surface area (Å²) in [5, 5.41) is 0. The summed E-state index contributed by atoms with van der Waals surface area (Å²) in [7, 11) is 0. The molecule has 0 aliphatic heterocycles. The van der Waals surface area contributed by atoms with Gasteiger partial charge in [0.15, 0.2) is 0 Å². The van der Waals surface area contributed by atoms with Gasteiger partial charge < -0.3 is 21.4 Å². The zero-order valence-electron chi connectivity index (χ0n) is 3.22. The van der Waals surface area contributed by atoms with E-state index in [1.807, 2.05) is 0 Å². The zero-order chi connectivity index (χ0) is 2.71. The van der Waals surface area contributed by atoms with Crippen molar-refractivity contribution in [3.8, 4) is 0 Å². The second kappa shape index (κ2) is 16.3. The second-order valence-corrected chi connectivity index (χ2v) is 0.204. The van der Waals surface area contributed by atoms with Crippen LogP contribution in [0.1, 0.15) is 0 Å². The van der Waals surface area contributed by atoms with E-state index in [0.29, 0.717) is 0 Å². The second-order valence-electron chi connectivity index (χ2n) is 0.0680. The Kier molecular flexibility index (Phi) is 51.1. The van der Waals surface area contributed by atoms with Crippen molar-refractivity contribution >= 4 is 12.3 Å². The van der Waals surface area contributed by atoms with Crippen LogP contribution in [0.5, 0.6) is 0 Å². The smallest absolute Gasteiger partial charge is 0.811 e. The number of hydrogen-bond acceptors (Lipinski definition) is 3. The van der Waals surface area contributed by atoms with Gasteiger partial charge in [-0.1, -0.05) is 0 Å². The summed E-state index contributed by atoms with van der Waals surface area (Å²) in [5.41, 5.74) is 0. The van der Waals surface area contributed by atoms with E-state index in [-0.39, 0.29) is 59.1 Å². The van der Waals surface area contributed by atoms with E-state index in [2.05, 4.69) is 0 Å². The first-order chi connectivity index (χ1) is 1.41. The van der Waals surface area contributed by atoms with Crippen LogP contribution in [0.15, 0.2) is 0 Å². The molecule has 0 aliphatic carbocycles. The van der Waals surface area contributed by atoms with Gasteiger partial charge in [0.2, 0.25) is 0 Å². The first-order valence-corrected chi connectivity index (χ1v) is 1.00. The number of hydrogen-bond donors (Lipinski definition) is 0. The molecule has 0 aromatic rings. The molecule has 20 valence electrons. The average Bonchev–Trinajstić information content (AvgIpc) is 0.918. The van der Waals surface area contributed by atoms with Gasteiger partial charge in [0.05, 0.1) is 0 Å². The predicted molar refractivity (Wildman–Crippen MR) is 9.15 cm³/mol. The Morgan fingerprint density at radius 2 is 1.00 bits per heavy atom. The van der Waals surface area contributed by atoms with Crippen molar-refractivity contribution in [2.24, 2.45) is 0 Å². The van der Waals surface area contributed by atoms with Gasteiger partial charge in [-0.25, -0.2) is 0 Å². The fourth-order valence-electron chi connectivity index (χ4n) is 0. The fourth-order valence-corrected chi connectivity index (χ4v) is 0. The van der Waals surface area contributed by atoms with Crippen molar-refractivity contribution in [1.82, 2.24) is 0 Å². The van der Waals surface area contributed by atoms with Gasteiger partial charge in [0.25, 0.3) is 0 Å². The van der Waals surface area contributed by atoms with Gasteiger partial charge in [0, 0.05) is 0 Å². The Hall–Kier alpha value is 2.27. The Bertz CT molecular complexity index is 7.61. The molecule has 0 aromatic carbocycles. The molecule has 0 saturated heterocycles. The predicted octanol–water partition coefficient (Wildman–Crippen LogP) is -6.01. The summed E-state index contributed by atoms with van der Waals surface area (Å²) < 4.78 is 16.6. The van der Waals surface area contributed by atoms with Crippen LogP contribution in [0.4, 0.5) is 0 Å². The van der Waals surface area contributed by atoms with Crippen molar-refractivity contribution < 1.29 is 68.2 Å². The minimum atomic E-state index is -0.750. The van der Waals surface area contributed by atoms with Gasteiger partial charge in [-0.2, -0.15) is 0 Å². The van der Waals surface area contributed by atoms with Crippen LogP contribution in [0, 0.1) is 0 Å². The SMILES string of the molecule is [Na+].[Na+].[O-]S[O-]. The molecule has 0 bridgehead atoms. The maximum absolute atomic E-state index is 8.29. The molecule has 2 nitrogen and oxygen atoms in total. The van der Waals surface area contributed by atoms with Gasteiger partial charge in [-0.3, -0.25) is 0 Å². The minimum absolute atomic E-state index is 0. The van der Waals surface area contributed by atoms with Crippen LogP contribution in [0.3, 0.4) is 0 Å². The van der Waals surface area contributed by atoms with Crippen LogP contribution in [0.2, 0.25) is 0 Å². The first-order valence-electron chi connectivity index (χ1n) is 0.333. The quantitative estimate of drug-likeness (QED) is 0.230. The maximum Gasteiger partial charge on any atom is 1.00 e. The molecular formula is Na2O2S. The van der Waals surface area contributed by atoms with E-state index in [1.54, 1.807) is 0 Å². The Morgan fingerprint density at radius 1 is 1.00 bits per heavy atom. The van der Waals surface area contributed by atoms with Crippen LogP contribution >= 0.6 is 12.3 Å². The molecule has 5 heavy (non-hydrogen) atoms. The maximum atomic E-state index is 8.29. The molecule has 5 heteroatoms. The molecule has 0 N–H and O–H groups in total. The molecule has 0 heterocycles. The van der Waals surface area contributed by atoms with E-state index in [9.17, 15) is 0 Å². The van der Waals surface area contributed by atoms with Crippen molar-refractivity contribution in [1.29, 1.82) is 0 Å².